The van der Waals surface area contributed by atoms with Gasteiger partial charge < -0.3 is 4.98 Å². The molecule has 0 saturated heterocycles. The van der Waals surface area contributed by atoms with E-state index in [9.17, 15) is 0 Å². The maximum Gasteiger partial charge on any atom is 0.161 e. The number of rotatable bonds is 3. The van der Waals surface area contributed by atoms with E-state index in [-0.39, 0.29) is 0 Å². The zero-order chi connectivity index (χ0) is 19.2. The molecule has 0 radical (unpaired) electrons. The molecule has 0 fully saturated rings. The fourth-order valence-corrected chi connectivity index (χ4v) is 4.20. The van der Waals surface area contributed by atoms with E-state index in [1.807, 2.05) is 36.4 Å². The van der Waals surface area contributed by atoms with Crippen LogP contribution in [0, 0.1) is 0 Å². The third kappa shape index (κ3) is 2.63. The van der Waals surface area contributed by atoms with Crippen LogP contribution in [0.3, 0.4) is 0 Å². The van der Waals surface area contributed by atoms with Crippen molar-refractivity contribution in [1.82, 2.24) is 30.1 Å². The second kappa shape index (κ2) is 6.35. The van der Waals surface area contributed by atoms with E-state index in [0.29, 0.717) is 11.5 Å². The molecule has 6 rings (SSSR count). The topological polar surface area (TPSA) is 83.1 Å². The molecule has 2 N–H and O–H groups in total. The Kier molecular flexibility index (Phi) is 3.54. The van der Waals surface area contributed by atoms with Crippen LogP contribution in [0.15, 0.2) is 71.7 Å². The first-order valence-electron chi connectivity index (χ1n) is 9.14. The highest BCUT2D eigenvalue weighted by Crippen LogP contribution is 2.32. The van der Waals surface area contributed by atoms with Gasteiger partial charge in [0.05, 0.1) is 22.2 Å². The number of benzene rings is 1. The zero-order valence-corrected chi connectivity index (χ0v) is 15.9. The third-order valence-electron chi connectivity index (χ3n) is 4.95. The highest BCUT2D eigenvalue weighted by molar-refractivity contribution is 7.08. The Labute approximate surface area is 169 Å². The first-order chi connectivity index (χ1) is 14.4. The minimum atomic E-state index is 0.702. The van der Waals surface area contributed by atoms with E-state index in [0.717, 1.165) is 38.9 Å². The van der Waals surface area contributed by atoms with Crippen molar-refractivity contribution < 1.29 is 0 Å². The minimum absolute atomic E-state index is 0.702. The fourth-order valence-electron chi connectivity index (χ4n) is 3.54. The number of pyridine rings is 2. The number of para-hydroxylation sites is 1. The Hall–Kier alpha value is -3.84. The largest absolute Gasteiger partial charge is 0.336 e. The summed E-state index contributed by atoms with van der Waals surface area (Å²) >= 11 is 1.68. The van der Waals surface area contributed by atoms with Crippen LogP contribution in [0.1, 0.15) is 0 Å². The van der Waals surface area contributed by atoms with Gasteiger partial charge in [0.1, 0.15) is 5.52 Å². The number of H-pyrrole nitrogens is 2. The Balaban J connectivity index is 1.53. The molecule has 6 nitrogen and oxygen atoms in total. The van der Waals surface area contributed by atoms with Crippen LogP contribution in [0.5, 0.6) is 0 Å². The van der Waals surface area contributed by atoms with Gasteiger partial charge in [-0.25, -0.2) is 9.97 Å². The van der Waals surface area contributed by atoms with E-state index >= 15 is 0 Å². The molecule has 5 aromatic heterocycles. The summed E-state index contributed by atoms with van der Waals surface area (Å²) in [6.45, 7) is 0. The summed E-state index contributed by atoms with van der Waals surface area (Å²) in [6, 6.07) is 16.1. The number of hydrogen-bond donors (Lipinski definition) is 2. The predicted molar refractivity (Wildman–Crippen MR) is 116 cm³/mol. The number of nitrogens with one attached hydrogen (secondary N) is 2. The molecule has 0 aliphatic carbocycles. The minimum Gasteiger partial charge on any atom is -0.336 e. The molecule has 29 heavy (non-hydrogen) atoms. The standard InChI is InChI=1S/C22H14N6S/c1-2-15(14-8-11-29-12-14)19-17(3-1)25-22(26-19)21-20-18(27-28-21)5-4-16(24-20)13-6-9-23-10-7-13/h1-12H,(H,25,26)(H,27,28). The molecule has 138 valence electrons. The van der Waals surface area contributed by atoms with Gasteiger partial charge in [-0.2, -0.15) is 16.4 Å². The molecule has 7 heteroatoms. The predicted octanol–water partition coefficient (Wildman–Crippen LogP) is 5.29. The Bertz CT molecular complexity index is 1450. The molecular formula is C22H14N6S. The third-order valence-corrected chi connectivity index (χ3v) is 5.64. The number of aromatic amines is 2. The molecule has 0 spiro atoms. The van der Waals surface area contributed by atoms with E-state index in [4.69, 9.17) is 9.97 Å². The second-order valence-corrected chi connectivity index (χ2v) is 7.48. The van der Waals surface area contributed by atoms with Gasteiger partial charge in [-0.15, -0.1) is 0 Å². The maximum absolute atomic E-state index is 4.88. The molecular weight excluding hydrogens is 380 g/mol. The SMILES string of the molecule is c1cc(-c2ccsc2)c2nc(-c3n[nH]c4ccc(-c5ccncc5)nc34)[nH]c2c1. The van der Waals surface area contributed by atoms with Crippen LogP contribution in [0.25, 0.3) is 56.0 Å². The summed E-state index contributed by atoms with van der Waals surface area (Å²) in [6.07, 6.45) is 3.53. The van der Waals surface area contributed by atoms with Crippen molar-refractivity contribution in [3.8, 4) is 33.9 Å². The highest BCUT2D eigenvalue weighted by Gasteiger charge is 2.16. The van der Waals surface area contributed by atoms with Crippen LogP contribution in [0.4, 0.5) is 0 Å². The van der Waals surface area contributed by atoms with Crippen LogP contribution in [0.2, 0.25) is 0 Å². The lowest BCUT2D eigenvalue weighted by molar-refractivity contribution is 1.10. The summed E-state index contributed by atoms with van der Waals surface area (Å²) in [5.74, 6) is 0.702. The van der Waals surface area contributed by atoms with Gasteiger partial charge >= 0.3 is 0 Å². The van der Waals surface area contributed by atoms with E-state index in [1.165, 1.54) is 5.56 Å². The summed E-state index contributed by atoms with van der Waals surface area (Å²) < 4.78 is 0. The van der Waals surface area contributed by atoms with Crippen molar-refractivity contribution in [1.29, 1.82) is 0 Å². The van der Waals surface area contributed by atoms with Gasteiger partial charge in [-0.3, -0.25) is 10.1 Å². The first kappa shape index (κ1) is 16.1. The lowest BCUT2D eigenvalue weighted by Crippen LogP contribution is -1.87. The summed E-state index contributed by atoms with van der Waals surface area (Å²) in [5.41, 5.74) is 8.44. The molecule has 0 bridgehead atoms. The molecule has 6 aromatic rings. The number of imidazole rings is 1. The molecule has 0 aliphatic heterocycles. The Morgan fingerprint density at radius 1 is 0.793 bits per heavy atom. The van der Waals surface area contributed by atoms with Gasteiger partial charge in [-0.05, 0) is 52.7 Å². The van der Waals surface area contributed by atoms with Crippen molar-refractivity contribution in [2.75, 3.05) is 0 Å². The Morgan fingerprint density at radius 2 is 1.72 bits per heavy atom. The van der Waals surface area contributed by atoms with Gasteiger partial charge in [0.25, 0.3) is 0 Å². The van der Waals surface area contributed by atoms with Crippen molar-refractivity contribution in [2.45, 2.75) is 0 Å². The fraction of sp³-hybridized carbons (Fsp3) is 0. The number of thiophene rings is 1. The number of aromatic nitrogens is 6. The van der Waals surface area contributed by atoms with Crippen LogP contribution < -0.4 is 0 Å². The van der Waals surface area contributed by atoms with Gasteiger partial charge in [0.15, 0.2) is 11.5 Å². The molecule has 0 amide bonds. The average Bonchev–Trinajstić information content (AvgIpc) is 3.52. The molecule has 1 aromatic carbocycles. The normalized spacial score (nSPS) is 11.4. The Morgan fingerprint density at radius 3 is 2.59 bits per heavy atom. The zero-order valence-electron chi connectivity index (χ0n) is 15.1. The second-order valence-electron chi connectivity index (χ2n) is 6.70. The molecule has 0 atom stereocenters. The lowest BCUT2D eigenvalue weighted by atomic mass is 10.1. The van der Waals surface area contributed by atoms with Gasteiger partial charge in [-0.1, -0.05) is 12.1 Å². The van der Waals surface area contributed by atoms with E-state index < -0.39 is 0 Å². The number of fused-ring (bicyclic) bond motifs is 2. The van der Waals surface area contributed by atoms with Crippen LogP contribution in [-0.4, -0.2) is 30.1 Å². The van der Waals surface area contributed by atoms with E-state index in [1.54, 1.807) is 23.7 Å². The van der Waals surface area contributed by atoms with Gasteiger partial charge in [0.2, 0.25) is 0 Å². The van der Waals surface area contributed by atoms with Crippen molar-refractivity contribution in [3.63, 3.8) is 0 Å². The monoisotopic (exact) mass is 394 g/mol. The van der Waals surface area contributed by atoms with Crippen LogP contribution in [-0.2, 0) is 0 Å². The summed E-state index contributed by atoms with van der Waals surface area (Å²) in [5, 5.41) is 11.8. The molecule has 0 aliphatic rings. The smallest absolute Gasteiger partial charge is 0.161 e. The summed E-state index contributed by atoms with van der Waals surface area (Å²) in [4.78, 5) is 17.2. The molecule has 0 unspecified atom stereocenters. The van der Waals surface area contributed by atoms with Crippen molar-refractivity contribution in [3.05, 3.63) is 71.7 Å². The number of hydrogen-bond acceptors (Lipinski definition) is 5. The molecule has 0 saturated carbocycles. The van der Waals surface area contributed by atoms with Crippen molar-refractivity contribution in [2.24, 2.45) is 0 Å². The molecule has 5 heterocycles. The summed E-state index contributed by atoms with van der Waals surface area (Å²) in [7, 11) is 0. The lowest BCUT2D eigenvalue weighted by Gasteiger charge is -2.00. The van der Waals surface area contributed by atoms with Crippen molar-refractivity contribution >= 4 is 33.4 Å². The maximum atomic E-state index is 4.88. The van der Waals surface area contributed by atoms with Crippen LogP contribution >= 0.6 is 11.3 Å². The highest BCUT2D eigenvalue weighted by atomic mass is 32.1. The quantitative estimate of drug-likeness (QED) is 0.427. The first-order valence-corrected chi connectivity index (χ1v) is 10.1. The average molecular weight is 394 g/mol. The number of nitrogens with zero attached hydrogens (tertiary/aromatic N) is 4. The van der Waals surface area contributed by atoms with Gasteiger partial charge in [0, 0.05) is 23.5 Å². The van der Waals surface area contributed by atoms with E-state index in [2.05, 4.69) is 43.1 Å².